The molecule has 0 aliphatic carbocycles. The number of nitrogens with two attached hydrogens (primary N) is 1. The van der Waals surface area contributed by atoms with Crippen molar-refractivity contribution in [1.82, 2.24) is 0 Å². The van der Waals surface area contributed by atoms with Gasteiger partial charge < -0.3 is 15.9 Å². The Labute approximate surface area is 76.5 Å². The van der Waals surface area contributed by atoms with Crippen molar-refractivity contribution >= 4 is 11.9 Å². The Hall–Kier alpha value is -1.10. The van der Waals surface area contributed by atoms with Crippen molar-refractivity contribution in [3.05, 3.63) is 0 Å². The molecule has 0 spiro atoms. The summed E-state index contributed by atoms with van der Waals surface area (Å²) in [5.74, 6) is -2.45. The molecule has 0 aliphatic rings. The lowest BCUT2D eigenvalue weighted by Crippen LogP contribution is -2.31. The molecule has 0 radical (unpaired) electrons. The number of carboxylic acid groups (broad SMARTS) is 2. The predicted octanol–water partition coefficient (Wildman–Crippen LogP) is 0.289. The number of rotatable bonds is 6. The molecular formula is C8H15NO4. The summed E-state index contributed by atoms with van der Waals surface area (Å²) < 4.78 is 0. The van der Waals surface area contributed by atoms with E-state index in [1.165, 1.54) is 0 Å². The summed E-state index contributed by atoms with van der Waals surface area (Å²) in [6.45, 7) is 1.76. The minimum absolute atomic E-state index is 0.208. The average molecular weight is 189 g/mol. The molecule has 5 heteroatoms. The van der Waals surface area contributed by atoms with Gasteiger partial charge in [-0.2, -0.15) is 0 Å². The maximum atomic E-state index is 10.5. The van der Waals surface area contributed by atoms with E-state index >= 15 is 0 Å². The number of hydrogen-bond acceptors (Lipinski definition) is 3. The van der Waals surface area contributed by atoms with E-state index in [-0.39, 0.29) is 6.42 Å². The Balaban J connectivity index is 3.85. The molecule has 2 unspecified atom stereocenters. The van der Waals surface area contributed by atoms with Crippen LogP contribution in [0.3, 0.4) is 0 Å². The molecule has 0 aromatic heterocycles. The van der Waals surface area contributed by atoms with Crippen molar-refractivity contribution in [2.75, 3.05) is 0 Å². The van der Waals surface area contributed by atoms with Crippen LogP contribution in [0.1, 0.15) is 26.2 Å². The zero-order valence-electron chi connectivity index (χ0n) is 7.56. The molecule has 0 saturated carbocycles. The van der Waals surface area contributed by atoms with E-state index in [9.17, 15) is 9.59 Å². The Morgan fingerprint density at radius 2 is 1.77 bits per heavy atom. The van der Waals surface area contributed by atoms with Crippen LogP contribution in [0.2, 0.25) is 0 Å². The highest BCUT2D eigenvalue weighted by molar-refractivity contribution is 5.73. The third-order valence-electron chi connectivity index (χ3n) is 1.99. The van der Waals surface area contributed by atoms with Crippen molar-refractivity contribution in [2.24, 2.45) is 11.7 Å². The van der Waals surface area contributed by atoms with E-state index in [0.29, 0.717) is 12.8 Å². The third-order valence-corrected chi connectivity index (χ3v) is 1.99. The number of carbonyl (C=O) groups is 2. The van der Waals surface area contributed by atoms with Gasteiger partial charge in [0.1, 0.15) is 6.04 Å². The van der Waals surface area contributed by atoms with Crippen molar-refractivity contribution in [3.63, 3.8) is 0 Å². The highest BCUT2D eigenvalue weighted by atomic mass is 16.4. The van der Waals surface area contributed by atoms with Gasteiger partial charge in [0.05, 0.1) is 5.92 Å². The molecule has 2 atom stereocenters. The molecule has 13 heavy (non-hydrogen) atoms. The van der Waals surface area contributed by atoms with Gasteiger partial charge in [0.2, 0.25) is 0 Å². The Morgan fingerprint density at radius 1 is 1.23 bits per heavy atom. The zero-order valence-corrected chi connectivity index (χ0v) is 7.56. The van der Waals surface area contributed by atoms with Crippen molar-refractivity contribution in [3.8, 4) is 0 Å². The molecule has 4 N–H and O–H groups in total. The van der Waals surface area contributed by atoms with Gasteiger partial charge in [0.15, 0.2) is 0 Å². The van der Waals surface area contributed by atoms with E-state index < -0.39 is 23.9 Å². The van der Waals surface area contributed by atoms with Gasteiger partial charge in [0.25, 0.3) is 0 Å². The summed E-state index contributed by atoms with van der Waals surface area (Å²) in [6.07, 6.45) is 1.03. The highest BCUT2D eigenvalue weighted by Crippen LogP contribution is 2.12. The van der Waals surface area contributed by atoms with Crippen LogP contribution in [0, 0.1) is 5.92 Å². The van der Waals surface area contributed by atoms with Crippen LogP contribution in [0.25, 0.3) is 0 Å². The van der Waals surface area contributed by atoms with E-state index in [0.717, 1.165) is 0 Å². The van der Waals surface area contributed by atoms with Crippen LogP contribution in [-0.2, 0) is 9.59 Å². The predicted molar refractivity (Wildman–Crippen MR) is 46.3 cm³/mol. The Kier molecular flexibility index (Phi) is 5.06. The lowest BCUT2D eigenvalue weighted by molar-refractivity contribution is -0.143. The van der Waals surface area contributed by atoms with Crippen LogP contribution < -0.4 is 5.73 Å². The summed E-state index contributed by atoms with van der Waals surface area (Å²) in [5.41, 5.74) is 5.23. The number of aliphatic carboxylic acids is 2. The lowest BCUT2D eigenvalue weighted by atomic mass is 9.98. The van der Waals surface area contributed by atoms with Gasteiger partial charge in [-0.3, -0.25) is 9.59 Å². The quantitative estimate of drug-likeness (QED) is 0.557. The molecule has 0 heterocycles. The minimum Gasteiger partial charge on any atom is -0.481 e. The lowest BCUT2D eigenvalue weighted by Gasteiger charge is -2.11. The van der Waals surface area contributed by atoms with Gasteiger partial charge in [-0.05, 0) is 19.3 Å². The summed E-state index contributed by atoms with van der Waals surface area (Å²) in [5, 5.41) is 17.1. The summed E-state index contributed by atoms with van der Waals surface area (Å²) in [4.78, 5) is 20.8. The molecule has 0 fully saturated rings. The van der Waals surface area contributed by atoms with Crippen LogP contribution in [0.15, 0.2) is 0 Å². The first-order chi connectivity index (χ1) is 5.99. The molecule has 5 nitrogen and oxygen atoms in total. The molecule has 76 valence electrons. The third kappa shape index (κ3) is 4.47. The molecular weight excluding hydrogens is 174 g/mol. The average Bonchev–Trinajstić information content (AvgIpc) is 2.04. The largest absolute Gasteiger partial charge is 0.481 e. The SMILES string of the molecule is CCC(CCC(N)C(=O)O)C(=O)O. The van der Waals surface area contributed by atoms with Crippen molar-refractivity contribution in [2.45, 2.75) is 32.2 Å². The van der Waals surface area contributed by atoms with Crippen LogP contribution in [0.4, 0.5) is 0 Å². The molecule has 0 saturated heterocycles. The fraction of sp³-hybridized carbons (Fsp3) is 0.750. The summed E-state index contributed by atoms with van der Waals surface area (Å²) in [7, 11) is 0. The monoisotopic (exact) mass is 189 g/mol. The first-order valence-corrected chi connectivity index (χ1v) is 4.20. The molecule has 0 rings (SSSR count). The zero-order chi connectivity index (χ0) is 10.4. The van der Waals surface area contributed by atoms with Gasteiger partial charge in [-0.15, -0.1) is 0 Å². The minimum atomic E-state index is -1.08. The smallest absolute Gasteiger partial charge is 0.320 e. The van der Waals surface area contributed by atoms with E-state index in [4.69, 9.17) is 15.9 Å². The highest BCUT2D eigenvalue weighted by Gasteiger charge is 2.18. The molecule has 0 bridgehead atoms. The summed E-state index contributed by atoms with van der Waals surface area (Å²) in [6, 6.07) is -0.951. The van der Waals surface area contributed by atoms with Gasteiger partial charge in [-0.25, -0.2) is 0 Å². The topological polar surface area (TPSA) is 101 Å². The first kappa shape index (κ1) is 11.9. The first-order valence-electron chi connectivity index (χ1n) is 4.20. The molecule has 0 amide bonds. The van der Waals surface area contributed by atoms with Crippen LogP contribution in [0.5, 0.6) is 0 Å². The second-order valence-electron chi connectivity index (χ2n) is 2.97. The summed E-state index contributed by atoms with van der Waals surface area (Å²) >= 11 is 0. The Morgan fingerprint density at radius 3 is 2.08 bits per heavy atom. The number of hydrogen-bond donors (Lipinski definition) is 3. The normalized spacial score (nSPS) is 14.9. The van der Waals surface area contributed by atoms with Crippen molar-refractivity contribution < 1.29 is 19.8 Å². The second-order valence-corrected chi connectivity index (χ2v) is 2.97. The maximum absolute atomic E-state index is 10.5. The standard InChI is InChI=1S/C8H15NO4/c1-2-5(7(10)11)3-4-6(9)8(12)13/h5-6H,2-4,9H2,1H3,(H,10,11)(H,12,13). The fourth-order valence-corrected chi connectivity index (χ4v) is 1.01. The number of carboxylic acids is 2. The van der Waals surface area contributed by atoms with E-state index in [1.807, 2.05) is 0 Å². The van der Waals surface area contributed by atoms with Gasteiger partial charge in [-0.1, -0.05) is 6.92 Å². The van der Waals surface area contributed by atoms with Gasteiger partial charge >= 0.3 is 11.9 Å². The van der Waals surface area contributed by atoms with Crippen LogP contribution in [-0.4, -0.2) is 28.2 Å². The van der Waals surface area contributed by atoms with E-state index in [2.05, 4.69) is 0 Å². The van der Waals surface area contributed by atoms with Crippen molar-refractivity contribution in [1.29, 1.82) is 0 Å². The molecule has 0 aliphatic heterocycles. The maximum Gasteiger partial charge on any atom is 0.320 e. The van der Waals surface area contributed by atoms with Gasteiger partial charge in [0, 0.05) is 0 Å². The van der Waals surface area contributed by atoms with Crippen LogP contribution >= 0.6 is 0 Å². The second kappa shape index (κ2) is 5.53. The van der Waals surface area contributed by atoms with E-state index in [1.54, 1.807) is 6.92 Å². The Bertz CT molecular complexity index is 193. The molecule has 0 aromatic rings. The molecule has 0 aromatic carbocycles. The fourth-order valence-electron chi connectivity index (χ4n) is 1.01.